The Bertz CT molecular complexity index is 1110. The van der Waals surface area contributed by atoms with Crippen molar-refractivity contribution >= 4 is 50.7 Å². The average Bonchev–Trinajstić information content (AvgIpc) is 2.75. The van der Waals surface area contributed by atoms with E-state index in [4.69, 9.17) is 23.2 Å². The van der Waals surface area contributed by atoms with Crippen molar-refractivity contribution in [3.05, 3.63) is 63.9 Å². The van der Waals surface area contributed by atoms with Crippen molar-refractivity contribution in [3.63, 3.8) is 0 Å². The van der Waals surface area contributed by atoms with Crippen LogP contribution in [0.25, 0.3) is 0 Å². The first-order valence-corrected chi connectivity index (χ1v) is 12.8. The molecule has 2 aromatic rings. The number of benzene rings is 2. The van der Waals surface area contributed by atoms with Crippen LogP contribution in [0, 0.1) is 5.82 Å². The molecule has 2 aromatic carbocycles. The third-order valence-electron chi connectivity index (χ3n) is 4.87. The lowest BCUT2D eigenvalue weighted by Gasteiger charge is -2.31. The fraction of sp³-hybridized carbons (Fsp3) is 0.364. The number of nitrogens with zero attached hydrogens (tertiary/aromatic N) is 2. The van der Waals surface area contributed by atoms with E-state index >= 15 is 0 Å². The number of hydrogen-bond acceptors (Lipinski definition) is 4. The molecule has 7 nitrogen and oxygen atoms in total. The molecule has 0 saturated carbocycles. The number of amides is 2. The molecule has 1 N–H and O–H groups in total. The van der Waals surface area contributed by atoms with E-state index < -0.39 is 40.2 Å². The maximum absolute atomic E-state index is 14.3. The maximum atomic E-state index is 14.3. The van der Waals surface area contributed by atoms with Gasteiger partial charge in [0, 0.05) is 23.7 Å². The highest BCUT2D eigenvalue weighted by Crippen LogP contribution is 2.31. The van der Waals surface area contributed by atoms with Crippen molar-refractivity contribution in [1.29, 1.82) is 0 Å². The van der Waals surface area contributed by atoms with E-state index in [1.54, 1.807) is 6.07 Å². The molecular weight excluding hydrogens is 492 g/mol. The number of anilines is 1. The number of sulfonamides is 1. The smallest absolute Gasteiger partial charge is 0.244 e. The molecule has 1 atom stereocenters. The summed E-state index contributed by atoms with van der Waals surface area (Å²) in [4.78, 5) is 27.1. The van der Waals surface area contributed by atoms with Crippen LogP contribution in [0.15, 0.2) is 42.5 Å². The summed E-state index contributed by atoms with van der Waals surface area (Å²) in [7, 11) is -3.96. The molecule has 11 heteroatoms. The van der Waals surface area contributed by atoms with Crippen LogP contribution < -0.4 is 9.62 Å². The van der Waals surface area contributed by atoms with Crippen LogP contribution in [0.4, 0.5) is 10.1 Å². The van der Waals surface area contributed by atoms with Crippen LogP contribution in [-0.4, -0.2) is 50.5 Å². The van der Waals surface area contributed by atoms with E-state index in [-0.39, 0.29) is 27.8 Å². The minimum atomic E-state index is -3.96. The second-order valence-electron chi connectivity index (χ2n) is 7.45. The number of halogens is 3. The maximum Gasteiger partial charge on any atom is 0.244 e. The molecular formula is C22H26Cl2FN3O4S. The molecule has 2 rings (SSSR count). The molecule has 0 aliphatic carbocycles. The molecule has 0 spiro atoms. The predicted octanol–water partition coefficient (Wildman–Crippen LogP) is 3.84. The lowest BCUT2D eigenvalue weighted by atomic mass is 10.1. The van der Waals surface area contributed by atoms with Gasteiger partial charge in [-0.05, 0) is 37.6 Å². The number of carbonyl (C=O) groups is 2. The fourth-order valence-electron chi connectivity index (χ4n) is 3.06. The predicted molar refractivity (Wildman–Crippen MR) is 128 cm³/mol. The molecule has 0 fully saturated rings. The summed E-state index contributed by atoms with van der Waals surface area (Å²) in [6, 6.07) is 9.10. The lowest BCUT2D eigenvalue weighted by molar-refractivity contribution is -0.139. The van der Waals surface area contributed by atoms with Crippen LogP contribution in [0.1, 0.15) is 25.8 Å². The highest BCUT2D eigenvalue weighted by Gasteiger charge is 2.31. The molecule has 0 aliphatic rings. The first-order chi connectivity index (χ1) is 15.5. The number of carbonyl (C=O) groups excluding carboxylic acids is 2. The zero-order chi connectivity index (χ0) is 24.8. The molecule has 2 amide bonds. The third-order valence-corrected chi connectivity index (χ3v) is 6.55. The summed E-state index contributed by atoms with van der Waals surface area (Å²) in [5.74, 6) is -1.69. The van der Waals surface area contributed by atoms with E-state index in [1.807, 2.05) is 6.92 Å². The Balaban J connectivity index is 2.43. The van der Waals surface area contributed by atoms with E-state index in [0.717, 1.165) is 15.5 Å². The second kappa shape index (κ2) is 11.7. The van der Waals surface area contributed by atoms with Gasteiger partial charge in [-0.2, -0.15) is 0 Å². The van der Waals surface area contributed by atoms with Crippen LogP contribution >= 0.6 is 23.2 Å². The minimum Gasteiger partial charge on any atom is -0.354 e. The molecule has 33 heavy (non-hydrogen) atoms. The summed E-state index contributed by atoms with van der Waals surface area (Å²) in [6.45, 7) is 2.90. The van der Waals surface area contributed by atoms with Gasteiger partial charge in [0.2, 0.25) is 21.8 Å². The first kappa shape index (κ1) is 26.9. The number of hydrogen-bond donors (Lipinski definition) is 1. The lowest BCUT2D eigenvalue weighted by Crippen LogP contribution is -2.51. The molecule has 0 unspecified atom stereocenters. The number of rotatable bonds is 10. The standard InChI is InChI=1S/C22H26Cl2FN3O4S/c1-4-11-26-22(30)15(2)27(13-16-7-5-6-8-19(16)25)21(29)14-28(33(3,31)32)20-12-17(23)9-10-18(20)24/h5-10,12,15H,4,11,13-14H2,1-3H3,(H,26,30)/t15-/m1/s1. The van der Waals surface area contributed by atoms with Crippen molar-refractivity contribution in [2.45, 2.75) is 32.9 Å². The molecule has 0 radical (unpaired) electrons. The Morgan fingerprint density at radius 3 is 2.42 bits per heavy atom. The van der Waals surface area contributed by atoms with Crippen LogP contribution in [0.2, 0.25) is 10.0 Å². The Labute approximate surface area is 203 Å². The second-order valence-corrected chi connectivity index (χ2v) is 10.2. The Morgan fingerprint density at radius 1 is 1.15 bits per heavy atom. The highest BCUT2D eigenvalue weighted by molar-refractivity contribution is 7.92. The number of nitrogens with one attached hydrogen (secondary N) is 1. The van der Waals surface area contributed by atoms with Crippen LogP contribution in [0.3, 0.4) is 0 Å². The Morgan fingerprint density at radius 2 is 1.82 bits per heavy atom. The normalized spacial score (nSPS) is 12.2. The summed E-state index contributed by atoms with van der Waals surface area (Å²) in [6.07, 6.45) is 1.62. The van der Waals surface area contributed by atoms with Crippen LogP contribution in [0.5, 0.6) is 0 Å². The van der Waals surface area contributed by atoms with Crippen molar-refractivity contribution in [1.82, 2.24) is 10.2 Å². The van der Waals surface area contributed by atoms with Gasteiger partial charge >= 0.3 is 0 Å². The third kappa shape index (κ3) is 7.31. The van der Waals surface area contributed by atoms with Gasteiger partial charge in [-0.1, -0.05) is 48.3 Å². The fourth-order valence-corrected chi connectivity index (χ4v) is 4.35. The summed E-state index contributed by atoms with van der Waals surface area (Å²) in [5, 5.41) is 3.01. The zero-order valence-electron chi connectivity index (χ0n) is 18.5. The quantitative estimate of drug-likeness (QED) is 0.518. The monoisotopic (exact) mass is 517 g/mol. The van der Waals surface area contributed by atoms with Crippen molar-refractivity contribution < 1.29 is 22.4 Å². The molecule has 0 saturated heterocycles. The van der Waals surface area contributed by atoms with E-state index in [1.165, 1.54) is 43.3 Å². The minimum absolute atomic E-state index is 0.0222. The van der Waals surface area contributed by atoms with Crippen molar-refractivity contribution in [2.24, 2.45) is 0 Å². The molecule has 0 aromatic heterocycles. The first-order valence-electron chi connectivity index (χ1n) is 10.2. The van der Waals surface area contributed by atoms with Crippen molar-refractivity contribution in [2.75, 3.05) is 23.7 Å². The molecule has 0 bridgehead atoms. The highest BCUT2D eigenvalue weighted by atomic mass is 35.5. The van der Waals surface area contributed by atoms with E-state index in [2.05, 4.69) is 5.32 Å². The largest absolute Gasteiger partial charge is 0.354 e. The van der Waals surface area contributed by atoms with Gasteiger partial charge in [0.25, 0.3) is 0 Å². The SMILES string of the molecule is CCCNC(=O)[C@@H](C)N(Cc1ccccc1F)C(=O)CN(c1cc(Cl)ccc1Cl)S(C)(=O)=O. The van der Waals surface area contributed by atoms with E-state index in [9.17, 15) is 22.4 Å². The summed E-state index contributed by atoms with van der Waals surface area (Å²) >= 11 is 12.2. The van der Waals surface area contributed by atoms with Gasteiger partial charge in [-0.25, -0.2) is 12.8 Å². The summed E-state index contributed by atoms with van der Waals surface area (Å²) < 4.78 is 40.2. The molecule has 0 aliphatic heterocycles. The molecule has 180 valence electrons. The average molecular weight is 518 g/mol. The van der Waals surface area contributed by atoms with Gasteiger partial charge in [0.05, 0.1) is 17.0 Å². The summed E-state index contributed by atoms with van der Waals surface area (Å²) in [5.41, 5.74) is 0.210. The van der Waals surface area contributed by atoms with Crippen LogP contribution in [-0.2, 0) is 26.2 Å². The Kier molecular flexibility index (Phi) is 9.51. The zero-order valence-corrected chi connectivity index (χ0v) is 20.8. The van der Waals surface area contributed by atoms with Gasteiger partial charge in [0.1, 0.15) is 18.4 Å². The topological polar surface area (TPSA) is 86.8 Å². The van der Waals surface area contributed by atoms with Gasteiger partial charge in [-0.3, -0.25) is 13.9 Å². The molecule has 0 heterocycles. The van der Waals surface area contributed by atoms with E-state index in [0.29, 0.717) is 13.0 Å². The van der Waals surface area contributed by atoms with Gasteiger partial charge < -0.3 is 10.2 Å². The van der Waals surface area contributed by atoms with Gasteiger partial charge in [-0.15, -0.1) is 0 Å². The van der Waals surface area contributed by atoms with Crippen molar-refractivity contribution in [3.8, 4) is 0 Å². The Hall–Kier alpha value is -2.36. The van der Waals surface area contributed by atoms with Gasteiger partial charge in [0.15, 0.2) is 0 Å².